The minimum absolute atomic E-state index is 0.0812. The second-order valence-corrected chi connectivity index (χ2v) is 8.45. The third kappa shape index (κ3) is 5.50. The lowest BCUT2D eigenvalue weighted by molar-refractivity contribution is -0.0501. The Morgan fingerprint density at radius 1 is 1.03 bits per heavy atom. The molecule has 0 bridgehead atoms. The van der Waals surface area contributed by atoms with E-state index in [1.165, 1.54) is 48.5 Å². The number of carbonyl (C=O) groups is 1. The zero-order valence-corrected chi connectivity index (χ0v) is 17.7. The van der Waals surface area contributed by atoms with E-state index in [0.717, 1.165) is 0 Å². The van der Waals surface area contributed by atoms with E-state index in [0.29, 0.717) is 5.56 Å². The van der Waals surface area contributed by atoms with Crippen LogP contribution in [0.3, 0.4) is 0 Å². The number of carbonyl (C=O) groups excluding carboxylic acids is 1. The van der Waals surface area contributed by atoms with Crippen molar-refractivity contribution in [3.05, 3.63) is 82.9 Å². The van der Waals surface area contributed by atoms with Gasteiger partial charge >= 0.3 is 6.61 Å². The van der Waals surface area contributed by atoms with Crippen LogP contribution in [0.5, 0.6) is 5.75 Å². The number of anilines is 2. The van der Waals surface area contributed by atoms with E-state index in [9.17, 15) is 22.0 Å². The molecule has 0 heterocycles. The summed E-state index contributed by atoms with van der Waals surface area (Å²) in [4.78, 5) is 12.5. The summed E-state index contributed by atoms with van der Waals surface area (Å²) in [5.41, 5.74) is 0.666. The number of nitrogens with one attached hydrogen (secondary N) is 2. The molecule has 0 fully saturated rings. The highest BCUT2D eigenvalue weighted by Crippen LogP contribution is 2.28. The van der Waals surface area contributed by atoms with E-state index < -0.39 is 22.5 Å². The molecular weight excluding hydrogens is 450 g/mol. The molecule has 0 saturated carbocycles. The van der Waals surface area contributed by atoms with Crippen molar-refractivity contribution in [2.75, 3.05) is 10.0 Å². The van der Waals surface area contributed by atoms with Crippen molar-refractivity contribution in [1.82, 2.24) is 0 Å². The van der Waals surface area contributed by atoms with Crippen molar-refractivity contribution in [3.63, 3.8) is 0 Å². The summed E-state index contributed by atoms with van der Waals surface area (Å²) in [6, 6.07) is 16.1. The van der Waals surface area contributed by atoms with Crippen LogP contribution in [0.25, 0.3) is 0 Å². The van der Waals surface area contributed by atoms with Gasteiger partial charge in [-0.1, -0.05) is 41.9 Å². The highest BCUT2D eigenvalue weighted by Gasteiger charge is 2.20. The van der Waals surface area contributed by atoms with Crippen molar-refractivity contribution < 1.29 is 26.7 Å². The Kier molecular flexibility index (Phi) is 6.77. The van der Waals surface area contributed by atoms with Crippen LogP contribution >= 0.6 is 11.6 Å². The highest BCUT2D eigenvalue weighted by atomic mass is 35.5. The number of ether oxygens (including phenoxy) is 1. The first kappa shape index (κ1) is 22.5. The second-order valence-electron chi connectivity index (χ2n) is 6.39. The van der Waals surface area contributed by atoms with Gasteiger partial charge in [-0.25, -0.2) is 8.42 Å². The standard InChI is InChI=1S/C21H17ClF2N2O4S/c1-13-10-11-14(25-20(27)15-6-2-5-9-18(15)30-21(23)24)12-19(13)31(28,29)26-17-8-4-3-7-16(17)22/h2-12,21,26H,1H3,(H,25,27). The van der Waals surface area contributed by atoms with Crippen molar-refractivity contribution in [2.45, 2.75) is 18.4 Å². The van der Waals surface area contributed by atoms with E-state index in [1.54, 1.807) is 25.1 Å². The quantitative estimate of drug-likeness (QED) is 0.494. The molecule has 3 aromatic carbocycles. The zero-order chi connectivity index (χ0) is 22.6. The topological polar surface area (TPSA) is 84.5 Å². The fourth-order valence-corrected chi connectivity index (χ4v) is 4.35. The third-order valence-corrected chi connectivity index (χ3v) is 6.04. The van der Waals surface area contributed by atoms with Gasteiger partial charge < -0.3 is 10.1 Å². The van der Waals surface area contributed by atoms with Gasteiger partial charge in [0, 0.05) is 5.69 Å². The van der Waals surface area contributed by atoms with E-state index in [4.69, 9.17) is 11.6 Å². The van der Waals surface area contributed by atoms with Crippen LogP contribution in [0.2, 0.25) is 5.02 Å². The van der Waals surface area contributed by atoms with Crippen molar-refractivity contribution in [1.29, 1.82) is 0 Å². The lowest BCUT2D eigenvalue weighted by atomic mass is 10.1. The number of rotatable bonds is 7. The summed E-state index contributed by atoms with van der Waals surface area (Å²) >= 11 is 6.03. The van der Waals surface area contributed by atoms with Gasteiger partial charge in [-0.05, 0) is 48.9 Å². The zero-order valence-electron chi connectivity index (χ0n) is 16.1. The monoisotopic (exact) mass is 466 g/mol. The number of amides is 1. The van der Waals surface area contributed by atoms with Crippen LogP contribution in [-0.4, -0.2) is 20.9 Å². The lowest BCUT2D eigenvalue weighted by Crippen LogP contribution is -2.17. The minimum atomic E-state index is -4.02. The van der Waals surface area contributed by atoms with Crippen molar-refractivity contribution >= 4 is 38.9 Å². The molecular formula is C21H17ClF2N2O4S. The molecule has 0 saturated heterocycles. The molecule has 2 N–H and O–H groups in total. The first-order valence-electron chi connectivity index (χ1n) is 8.90. The Bertz CT molecular complexity index is 1220. The molecule has 0 unspecified atom stereocenters. The van der Waals surface area contributed by atoms with Gasteiger partial charge in [-0.3, -0.25) is 9.52 Å². The molecule has 0 atom stereocenters. The third-order valence-electron chi connectivity index (χ3n) is 4.20. The summed E-state index contributed by atoms with van der Waals surface area (Å²) < 4.78 is 57.7. The number of benzene rings is 3. The number of hydrogen-bond donors (Lipinski definition) is 2. The first-order chi connectivity index (χ1) is 14.7. The molecule has 0 aliphatic carbocycles. The van der Waals surface area contributed by atoms with Crippen LogP contribution < -0.4 is 14.8 Å². The van der Waals surface area contributed by atoms with Crippen molar-refractivity contribution in [3.8, 4) is 5.75 Å². The molecule has 3 rings (SSSR count). The van der Waals surface area contributed by atoms with Gasteiger partial charge in [0.15, 0.2) is 0 Å². The van der Waals surface area contributed by atoms with E-state index in [1.807, 2.05) is 0 Å². The Morgan fingerprint density at radius 2 is 1.71 bits per heavy atom. The molecule has 3 aromatic rings. The molecule has 0 aliphatic rings. The predicted molar refractivity (Wildman–Crippen MR) is 114 cm³/mol. The number of hydrogen-bond acceptors (Lipinski definition) is 4. The molecule has 0 aromatic heterocycles. The molecule has 0 spiro atoms. The average Bonchev–Trinajstić information content (AvgIpc) is 2.71. The second kappa shape index (κ2) is 9.32. The normalized spacial score (nSPS) is 11.3. The van der Waals surface area contributed by atoms with Gasteiger partial charge in [-0.2, -0.15) is 8.78 Å². The van der Waals surface area contributed by atoms with Gasteiger partial charge in [0.25, 0.3) is 15.9 Å². The first-order valence-corrected chi connectivity index (χ1v) is 10.8. The van der Waals surface area contributed by atoms with Gasteiger partial charge in [0.05, 0.1) is 21.2 Å². The van der Waals surface area contributed by atoms with Gasteiger partial charge in [0.1, 0.15) is 5.75 Å². The number of sulfonamides is 1. The molecule has 1 amide bonds. The fourth-order valence-electron chi connectivity index (χ4n) is 2.76. The maximum absolute atomic E-state index is 12.9. The summed E-state index contributed by atoms with van der Waals surface area (Å²) in [5.74, 6) is -1.03. The summed E-state index contributed by atoms with van der Waals surface area (Å²) in [7, 11) is -4.02. The van der Waals surface area contributed by atoms with Crippen LogP contribution in [0.15, 0.2) is 71.6 Å². The predicted octanol–water partition coefficient (Wildman–Crippen LogP) is 5.30. The lowest BCUT2D eigenvalue weighted by Gasteiger charge is -2.14. The smallest absolute Gasteiger partial charge is 0.387 e. The molecule has 6 nitrogen and oxygen atoms in total. The minimum Gasteiger partial charge on any atom is -0.434 e. The van der Waals surface area contributed by atoms with Crippen molar-refractivity contribution in [2.24, 2.45) is 0 Å². The van der Waals surface area contributed by atoms with Crippen LogP contribution in [0.4, 0.5) is 20.2 Å². The summed E-state index contributed by atoms with van der Waals surface area (Å²) in [5, 5.41) is 2.73. The van der Waals surface area contributed by atoms with Crippen LogP contribution in [-0.2, 0) is 10.0 Å². The van der Waals surface area contributed by atoms with E-state index >= 15 is 0 Å². The van der Waals surface area contributed by atoms with Gasteiger partial charge in [-0.15, -0.1) is 0 Å². The maximum Gasteiger partial charge on any atom is 0.387 e. The maximum atomic E-state index is 12.9. The molecule has 10 heteroatoms. The Hall–Kier alpha value is -3.17. The Morgan fingerprint density at radius 3 is 2.42 bits per heavy atom. The Balaban J connectivity index is 1.88. The molecule has 31 heavy (non-hydrogen) atoms. The summed E-state index contributed by atoms with van der Waals surface area (Å²) in [6.45, 7) is -1.50. The molecule has 162 valence electrons. The van der Waals surface area contributed by atoms with Crippen LogP contribution in [0.1, 0.15) is 15.9 Å². The molecule has 0 radical (unpaired) electrons. The number of halogens is 3. The van der Waals surface area contributed by atoms with E-state index in [-0.39, 0.29) is 32.6 Å². The number of aryl methyl sites for hydroxylation is 1. The van der Waals surface area contributed by atoms with Crippen LogP contribution in [0, 0.1) is 6.92 Å². The Labute approximate surface area is 182 Å². The molecule has 0 aliphatic heterocycles. The SMILES string of the molecule is Cc1ccc(NC(=O)c2ccccc2OC(F)F)cc1S(=O)(=O)Nc1ccccc1Cl. The largest absolute Gasteiger partial charge is 0.434 e. The average molecular weight is 467 g/mol. The highest BCUT2D eigenvalue weighted by molar-refractivity contribution is 7.92. The summed E-state index contributed by atoms with van der Waals surface area (Å²) in [6.07, 6.45) is 0. The number of alkyl halides is 2. The van der Waals surface area contributed by atoms with E-state index in [2.05, 4.69) is 14.8 Å². The van der Waals surface area contributed by atoms with Gasteiger partial charge in [0.2, 0.25) is 0 Å². The number of para-hydroxylation sites is 2. The fraction of sp³-hybridized carbons (Fsp3) is 0.0952.